The molecule has 0 aromatic rings. The summed E-state index contributed by atoms with van der Waals surface area (Å²) in [4.78, 5) is 20.7. The number of hydrogen-bond donors (Lipinski definition) is 2. The van der Waals surface area contributed by atoms with E-state index in [1.165, 1.54) is 89.9 Å². The molecule has 0 spiro atoms. The van der Waals surface area contributed by atoms with Crippen molar-refractivity contribution in [2.24, 2.45) is 0 Å². The van der Waals surface area contributed by atoms with Gasteiger partial charge in [0.1, 0.15) is 19.3 Å². The maximum absolute atomic E-state index is 12.2. The van der Waals surface area contributed by atoms with Gasteiger partial charge in [-0.05, 0) is 19.3 Å². The highest BCUT2D eigenvalue weighted by molar-refractivity contribution is 7.47. The van der Waals surface area contributed by atoms with Crippen molar-refractivity contribution in [3.63, 3.8) is 0 Å². The van der Waals surface area contributed by atoms with Gasteiger partial charge in [-0.3, -0.25) is 13.8 Å². The molecule has 0 saturated heterocycles. The van der Waals surface area contributed by atoms with Gasteiger partial charge in [0.2, 0.25) is 0 Å². The van der Waals surface area contributed by atoms with E-state index >= 15 is 0 Å². The number of nitrogens with zero attached hydrogens (tertiary/aromatic N) is 1. The second kappa shape index (κ2) is 27.0. The predicted molar refractivity (Wildman–Crippen MR) is 166 cm³/mol. The molecule has 2 N–H and O–H groups in total. The van der Waals surface area contributed by atoms with Gasteiger partial charge in [0.25, 0.3) is 0 Å². The normalized spacial score (nSPS) is 14.3. The lowest BCUT2D eigenvalue weighted by atomic mass is 10.0. The first-order valence-corrected chi connectivity index (χ1v) is 17.9. The number of carbonyl (C=O) groups is 1. The zero-order valence-corrected chi connectivity index (χ0v) is 27.9. The summed E-state index contributed by atoms with van der Waals surface area (Å²) < 4.78 is 34.7. The topological polar surface area (TPSA) is 112 Å². The van der Waals surface area contributed by atoms with Crippen LogP contribution in [0.25, 0.3) is 0 Å². The maximum Gasteiger partial charge on any atom is 0.472 e. The largest absolute Gasteiger partial charge is 0.481 e. The molecule has 0 aliphatic heterocycles. The van der Waals surface area contributed by atoms with Crippen LogP contribution in [-0.2, 0) is 27.9 Å². The van der Waals surface area contributed by atoms with Gasteiger partial charge in [-0.25, -0.2) is 4.57 Å². The molecule has 246 valence electrons. The van der Waals surface area contributed by atoms with E-state index < -0.39 is 19.9 Å². The van der Waals surface area contributed by atoms with Crippen LogP contribution in [0.4, 0.5) is 0 Å². The van der Waals surface area contributed by atoms with Crippen molar-refractivity contribution < 1.29 is 42.4 Å². The van der Waals surface area contributed by atoms with Crippen LogP contribution in [0.3, 0.4) is 0 Å². The molecule has 1 unspecified atom stereocenters. The average molecular weight is 611 g/mol. The van der Waals surface area contributed by atoms with Gasteiger partial charge in [-0.15, -0.1) is 0 Å². The molecule has 0 aromatic heterocycles. The Labute approximate surface area is 251 Å². The molecule has 10 heteroatoms. The molecular formula is C31H65NO8P+. The van der Waals surface area contributed by atoms with Gasteiger partial charge in [0.15, 0.2) is 0 Å². The highest BCUT2D eigenvalue weighted by Gasteiger charge is 2.25. The highest BCUT2D eigenvalue weighted by Crippen LogP contribution is 2.43. The molecule has 0 amide bonds. The number of unbranched alkanes of at least 4 members (excludes halogenated alkanes) is 16. The van der Waals surface area contributed by atoms with Crippen LogP contribution in [0.1, 0.15) is 129 Å². The predicted octanol–water partition coefficient (Wildman–Crippen LogP) is 7.74. The van der Waals surface area contributed by atoms with E-state index in [0.717, 1.165) is 12.8 Å². The van der Waals surface area contributed by atoms with E-state index in [1.807, 2.05) is 21.1 Å². The summed E-state index contributed by atoms with van der Waals surface area (Å²) >= 11 is 0. The lowest BCUT2D eigenvalue weighted by Gasteiger charge is -2.24. The molecule has 0 aliphatic carbocycles. The molecule has 41 heavy (non-hydrogen) atoms. The molecule has 2 atom stereocenters. The molecule has 0 bridgehead atoms. The van der Waals surface area contributed by atoms with Crippen LogP contribution < -0.4 is 0 Å². The van der Waals surface area contributed by atoms with Crippen LogP contribution in [0.15, 0.2) is 0 Å². The van der Waals surface area contributed by atoms with E-state index in [9.17, 15) is 14.3 Å². The van der Waals surface area contributed by atoms with E-state index in [0.29, 0.717) is 37.1 Å². The average Bonchev–Trinajstić information content (AvgIpc) is 2.89. The number of likely N-dealkylation sites (N-methyl/N-ethyl adjacent to an activating group) is 1. The smallest absolute Gasteiger partial charge is 0.472 e. The second-order valence-electron chi connectivity index (χ2n) is 12.3. The molecule has 9 nitrogen and oxygen atoms in total. The van der Waals surface area contributed by atoms with E-state index in [-0.39, 0.29) is 26.2 Å². The number of phosphoric acid groups is 1. The zero-order valence-electron chi connectivity index (χ0n) is 27.0. The minimum atomic E-state index is -4.19. The Morgan fingerprint density at radius 2 is 1.17 bits per heavy atom. The molecule has 0 aliphatic rings. The van der Waals surface area contributed by atoms with Gasteiger partial charge in [0.05, 0.1) is 34.4 Å². The highest BCUT2D eigenvalue weighted by atomic mass is 31.2. The van der Waals surface area contributed by atoms with Crippen molar-refractivity contribution in [3.8, 4) is 0 Å². The number of carboxylic acid groups (broad SMARTS) is 1. The fraction of sp³-hybridized carbons (Fsp3) is 0.968. The van der Waals surface area contributed by atoms with Crippen LogP contribution in [0, 0.1) is 0 Å². The Morgan fingerprint density at radius 3 is 1.66 bits per heavy atom. The summed E-state index contributed by atoms with van der Waals surface area (Å²) in [5, 5.41) is 8.78. The third-order valence-corrected chi connectivity index (χ3v) is 8.01. The summed E-state index contributed by atoms with van der Waals surface area (Å²) in [6.07, 6.45) is 21.8. The number of hydrogen-bond acceptors (Lipinski definition) is 6. The third kappa shape index (κ3) is 32.2. The number of rotatable bonds is 32. The first kappa shape index (κ1) is 40.5. The minimum Gasteiger partial charge on any atom is -0.481 e. The monoisotopic (exact) mass is 610 g/mol. The van der Waals surface area contributed by atoms with Crippen molar-refractivity contribution in [2.75, 3.05) is 60.7 Å². The lowest BCUT2D eigenvalue weighted by Crippen LogP contribution is -2.37. The molecule has 0 rings (SSSR count). The van der Waals surface area contributed by atoms with Crippen LogP contribution >= 0.6 is 7.82 Å². The molecule has 0 fully saturated rings. The van der Waals surface area contributed by atoms with E-state index in [4.69, 9.17) is 23.6 Å². The van der Waals surface area contributed by atoms with Gasteiger partial charge >= 0.3 is 13.8 Å². The van der Waals surface area contributed by atoms with Crippen molar-refractivity contribution in [3.05, 3.63) is 0 Å². The van der Waals surface area contributed by atoms with E-state index in [2.05, 4.69) is 6.92 Å². The second-order valence-corrected chi connectivity index (χ2v) is 13.8. The number of phosphoric ester groups is 1. The Kier molecular flexibility index (Phi) is 26.7. The molecule has 0 heterocycles. The molecule has 0 radical (unpaired) electrons. The Bertz CT molecular complexity index is 644. The number of aliphatic carboxylic acids is 1. The first-order chi connectivity index (χ1) is 19.6. The summed E-state index contributed by atoms with van der Waals surface area (Å²) in [7, 11) is 1.72. The number of quaternary nitrogens is 1. The summed E-state index contributed by atoms with van der Waals surface area (Å²) in [6, 6.07) is 0. The number of ether oxygens (including phenoxy) is 2. The summed E-state index contributed by atoms with van der Waals surface area (Å²) in [6.45, 7) is 4.00. The van der Waals surface area contributed by atoms with Crippen LogP contribution in [0.2, 0.25) is 0 Å². The fourth-order valence-corrected chi connectivity index (χ4v) is 5.13. The maximum atomic E-state index is 12.2. The van der Waals surface area contributed by atoms with Crippen molar-refractivity contribution >= 4 is 13.8 Å². The van der Waals surface area contributed by atoms with Crippen molar-refractivity contribution in [1.82, 2.24) is 0 Å². The Balaban J connectivity index is 3.95. The Morgan fingerprint density at radius 1 is 0.683 bits per heavy atom. The SMILES string of the molecule is CCCCCCCCCCCCCCCCCCOC[C@H](COP(=O)(O)OCC[N+](C)(C)C)OCCCCC(=O)O. The van der Waals surface area contributed by atoms with Crippen molar-refractivity contribution in [1.29, 1.82) is 0 Å². The fourth-order valence-electron chi connectivity index (χ4n) is 4.38. The van der Waals surface area contributed by atoms with Crippen LogP contribution in [-0.4, -0.2) is 87.3 Å². The van der Waals surface area contributed by atoms with Gasteiger partial charge < -0.3 is 24.0 Å². The van der Waals surface area contributed by atoms with Gasteiger partial charge in [0, 0.05) is 19.6 Å². The quantitative estimate of drug-likeness (QED) is 0.0452. The minimum absolute atomic E-state index is 0.0895. The lowest BCUT2D eigenvalue weighted by molar-refractivity contribution is -0.870. The van der Waals surface area contributed by atoms with Crippen LogP contribution in [0.5, 0.6) is 0 Å². The third-order valence-electron chi connectivity index (χ3n) is 7.02. The molecular weight excluding hydrogens is 545 g/mol. The van der Waals surface area contributed by atoms with Gasteiger partial charge in [-0.1, -0.05) is 103 Å². The molecule has 0 aromatic carbocycles. The van der Waals surface area contributed by atoms with Crippen molar-refractivity contribution in [2.45, 2.75) is 135 Å². The molecule has 0 saturated carbocycles. The first-order valence-electron chi connectivity index (χ1n) is 16.4. The van der Waals surface area contributed by atoms with Gasteiger partial charge in [-0.2, -0.15) is 0 Å². The Hall–Kier alpha value is -0.540. The zero-order chi connectivity index (χ0) is 30.7. The van der Waals surface area contributed by atoms with E-state index in [1.54, 1.807) is 0 Å². The standard InChI is InChI=1S/C31H64NO8P/c1-5-6-7-8-9-10-11-12-13-14-15-16-17-18-19-21-25-37-28-30(38-26-22-20-23-31(33)34)29-40-41(35,36)39-27-24-32(2,3)4/h30H,5-29H2,1-4H3,(H-,33,34,35,36)/p+1/t30-/m1/s1. The number of carboxylic acids is 1. The summed E-state index contributed by atoms with van der Waals surface area (Å²) in [5.74, 6) is -0.834. The summed E-state index contributed by atoms with van der Waals surface area (Å²) in [5.41, 5.74) is 0.